The van der Waals surface area contributed by atoms with Gasteiger partial charge in [0.05, 0.1) is 0 Å². The molecule has 0 unspecified atom stereocenters. The van der Waals surface area contributed by atoms with Crippen molar-refractivity contribution in [3.8, 4) is 5.75 Å². The molecule has 0 N–H and O–H groups in total. The Kier molecular flexibility index (Phi) is 6.49. The molecule has 0 spiro atoms. The molecule has 0 aromatic carbocycles. The van der Waals surface area contributed by atoms with Crippen LogP contribution in [-0.2, 0) is 4.79 Å². The summed E-state index contributed by atoms with van der Waals surface area (Å²) in [5.74, 6) is 1.34. The number of nitrogens with zero attached hydrogens (tertiary/aromatic N) is 2. The smallest absolute Gasteiger partial charge is 0.266 e. The fraction of sp³-hybridized carbons (Fsp3) is 0.625. The van der Waals surface area contributed by atoms with E-state index in [2.05, 4.69) is 27.8 Å². The van der Waals surface area contributed by atoms with E-state index in [1.807, 2.05) is 12.1 Å². The van der Waals surface area contributed by atoms with Crippen LogP contribution in [0.3, 0.4) is 0 Å². The fourth-order valence-electron chi connectivity index (χ4n) is 2.51. The van der Waals surface area contributed by atoms with E-state index in [-0.39, 0.29) is 12.5 Å². The Bertz CT molecular complexity index is 479. The average Bonchev–Trinajstić information content (AvgIpc) is 2.48. The van der Waals surface area contributed by atoms with Crippen molar-refractivity contribution in [3.05, 3.63) is 16.7 Å². The highest BCUT2D eigenvalue weighted by Crippen LogP contribution is 2.31. The maximum Gasteiger partial charge on any atom is 0.266 e. The Morgan fingerprint density at radius 1 is 1.19 bits per heavy atom. The third-order valence-corrected chi connectivity index (χ3v) is 4.14. The van der Waals surface area contributed by atoms with Gasteiger partial charge in [-0.2, -0.15) is 0 Å². The van der Waals surface area contributed by atoms with Crippen LogP contribution in [0.2, 0.25) is 0 Å². The standard InChI is InChI=1S/C16H23BrN2O2/c1-2-3-4-5-6-7-8-11-19-15(20)12-21-13-9-10-14(17)18-16(13)19/h9-10H,2-8,11-12H2,1H3. The second-order valence-electron chi connectivity index (χ2n) is 5.41. The van der Waals surface area contributed by atoms with E-state index in [4.69, 9.17) is 4.74 Å². The molecule has 0 saturated carbocycles. The second kappa shape index (κ2) is 8.37. The maximum absolute atomic E-state index is 12.0. The van der Waals surface area contributed by atoms with Crippen molar-refractivity contribution >= 4 is 27.7 Å². The molecule has 2 heterocycles. The first kappa shape index (κ1) is 16.3. The molecule has 0 aliphatic carbocycles. The number of unbranched alkanes of at least 4 members (excludes halogenated alkanes) is 6. The van der Waals surface area contributed by atoms with Gasteiger partial charge < -0.3 is 4.74 Å². The Labute approximate surface area is 135 Å². The zero-order valence-corrected chi connectivity index (χ0v) is 14.2. The summed E-state index contributed by atoms with van der Waals surface area (Å²) < 4.78 is 6.14. The molecule has 0 radical (unpaired) electrons. The van der Waals surface area contributed by atoms with Crippen molar-refractivity contribution in [2.75, 3.05) is 18.1 Å². The van der Waals surface area contributed by atoms with Gasteiger partial charge in [-0.3, -0.25) is 9.69 Å². The average molecular weight is 355 g/mol. The highest BCUT2D eigenvalue weighted by molar-refractivity contribution is 9.10. The molecule has 0 saturated heterocycles. The number of halogens is 1. The number of carbonyl (C=O) groups excluding carboxylic acids is 1. The summed E-state index contributed by atoms with van der Waals surface area (Å²) in [6, 6.07) is 3.69. The van der Waals surface area contributed by atoms with E-state index in [1.54, 1.807) is 4.90 Å². The molecule has 0 atom stereocenters. The molecule has 1 aromatic rings. The molecule has 1 amide bonds. The van der Waals surface area contributed by atoms with Crippen LogP contribution in [-0.4, -0.2) is 24.0 Å². The van der Waals surface area contributed by atoms with Crippen molar-refractivity contribution in [1.29, 1.82) is 0 Å². The van der Waals surface area contributed by atoms with E-state index in [1.165, 1.54) is 32.1 Å². The Morgan fingerprint density at radius 2 is 1.90 bits per heavy atom. The Morgan fingerprint density at radius 3 is 2.67 bits per heavy atom. The number of rotatable bonds is 8. The molecule has 21 heavy (non-hydrogen) atoms. The van der Waals surface area contributed by atoms with Gasteiger partial charge in [0.25, 0.3) is 5.91 Å². The second-order valence-corrected chi connectivity index (χ2v) is 6.22. The normalized spacial score (nSPS) is 14.0. The molecule has 116 valence electrons. The Hall–Kier alpha value is -1.10. The fourth-order valence-corrected chi connectivity index (χ4v) is 2.81. The molecule has 4 nitrogen and oxygen atoms in total. The van der Waals surface area contributed by atoms with E-state index < -0.39 is 0 Å². The third-order valence-electron chi connectivity index (χ3n) is 3.70. The molecule has 1 aliphatic heterocycles. The number of carbonyl (C=O) groups is 1. The molecule has 0 fully saturated rings. The van der Waals surface area contributed by atoms with Gasteiger partial charge in [0.1, 0.15) is 4.60 Å². The van der Waals surface area contributed by atoms with Gasteiger partial charge in [-0.15, -0.1) is 0 Å². The van der Waals surface area contributed by atoms with Gasteiger partial charge in [-0.25, -0.2) is 4.98 Å². The van der Waals surface area contributed by atoms with E-state index in [0.29, 0.717) is 11.6 Å². The van der Waals surface area contributed by atoms with E-state index in [0.717, 1.165) is 24.0 Å². The molecule has 0 bridgehead atoms. The number of amides is 1. The van der Waals surface area contributed by atoms with Crippen LogP contribution in [0.5, 0.6) is 5.75 Å². The number of aromatic nitrogens is 1. The van der Waals surface area contributed by atoms with Crippen molar-refractivity contribution in [1.82, 2.24) is 4.98 Å². The summed E-state index contributed by atoms with van der Waals surface area (Å²) in [7, 11) is 0. The maximum atomic E-state index is 12.0. The van der Waals surface area contributed by atoms with Gasteiger partial charge in [0.15, 0.2) is 18.2 Å². The summed E-state index contributed by atoms with van der Waals surface area (Å²) in [4.78, 5) is 18.2. The van der Waals surface area contributed by atoms with Crippen molar-refractivity contribution in [2.24, 2.45) is 0 Å². The zero-order valence-electron chi connectivity index (χ0n) is 12.6. The van der Waals surface area contributed by atoms with Crippen LogP contribution in [0.1, 0.15) is 51.9 Å². The molecular weight excluding hydrogens is 332 g/mol. The highest BCUT2D eigenvalue weighted by Gasteiger charge is 2.26. The van der Waals surface area contributed by atoms with Crippen LogP contribution in [0.15, 0.2) is 16.7 Å². The molecule has 1 aromatic heterocycles. The van der Waals surface area contributed by atoms with Crippen LogP contribution >= 0.6 is 15.9 Å². The number of hydrogen-bond acceptors (Lipinski definition) is 3. The Balaban J connectivity index is 1.83. The van der Waals surface area contributed by atoms with Gasteiger partial charge in [-0.1, -0.05) is 45.4 Å². The summed E-state index contributed by atoms with van der Waals surface area (Å²) in [5, 5.41) is 0. The molecule has 1 aliphatic rings. The highest BCUT2D eigenvalue weighted by atomic mass is 79.9. The van der Waals surface area contributed by atoms with Crippen molar-refractivity contribution < 1.29 is 9.53 Å². The number of pyridine rings is 1. The minimum absolute atomic E-state index is 0.000849. The lowest BCUT2D eigenvalue weighted by Gasteiger charge is -2.28. The lowest BCUT2D eigenvalue weighted by Crippen LogP contribution is -2.40. The number of ether oxygens (including phenoxy) is 1. The summed E-state index contributed by atoms with van der Waals surface area (Å²) in [5.41, 5.74) is 0. The SMILES string of the molecule is CCCCCCCCCN1C(=O)COc2ccc(Br)nc21. The van der Waals surface area contributed by atoms with Crippen molar-refractivity contribution in [2.45, 2.75) is 51.9 Å². The number of hydrogen-bond donors (Lipinski definition) is 0. The predicted octanol–water partition coefficient (Wildman–Crippen LogP) is 4.32. The topological polar surface area (TPSA) is 42.4 Å². The van der Waals surface area contributed by atoms with E-state index in [9.17, 15) is 4.79 Å². The molecule has 5 heteroatoms. The first-order chi connectivity index (χ1) is 10.2. The first-order valence-corrected chi connectivity index (χ1v) is 8.61. The van der Waals surface area contributed by atoms with Crippen molar-refractivity contribution in [3.63, 3.8) is 0 Å². The van der Waals surface area contributed by atoms with Gasteiger partial charge >= 0.3 is 0 Å². The number of fused-ring (bicyclic) bond motifs is 1. The number of anilines is 1. The first-order valence-electron chi connectivity index (χ1n) is 7.82. The monoisotopic (exact) mass is 354 g/mol. The summed E-state index contributed by atoms with van der Waals surface area (Å²) in [6.07, 6.45) is 8.66. The lowest BCUT2D eigenvalue weighted by molar-refractivity contribution is -0.121. The summed E-state index contributed by atoms with van der Waals surface area (Å²) in [6.45, 7) is 3.08. The zero-order chi connectivity index (χ0) is 15.1. The van der Waals surface area contributed by atoms with Gasteiger partial charge in [0.2, 0.25) is 0 Å². The third kappa shape index (κ3) is 4.70. The van der Waals surface area contributed by atoms with Crippen LogP contribution in [0.25, 0.3) is 0 Å². The molecule has 2 rings (SSSR count). The quantitative estimate of drug-likeness (QED) is 0.515. The molecular formula is C16H23BrN2O2. The van der Waals surface area contributed by atoms with Gasteiger partial charge in [-0.05, 0) is 34.5 Å². The van der Waals surface area contributed by atoms with Crippen LogP contribution in [0, 0.1) is 0 Å². The largest absolute Gasteiger partial charge is 0.480 e. The van der Waals surface area contributed by atoms with Crippen LogP contribution < -0.4 is 9.64 Å². The lowest BCUT2D eigenvalue weighted by atomic mass is 10.1. The van der Waals surface area contributed by atoms with Crippen LogP contribution in [0.4, 0.5) is 5.82 Å². The summed E-state index contributed by atoms with van der Waals surface area (Å²) >= 11 is 3.35. The minimum atomic E-state index is -0.000849. The van der Waals surface area contributed by atoms with Gasteiger partial charge in [0, 0.05) is 6.54 Å². The minimum Gasteiger partial charge on any atom is -0.480 e. The van der Waals surface area contributed by atoms with E-state index >= 15 is 0 Å². The predicted molar refractivity (Wildman–Crippen MR) is 87.8 cm³/mol.